The van der Waals surface area contributed by atoms with Crippen LogP contribution in [0.3, 0.4) is 0 Å². The highest BCUT2D eigenvalue weighted by Gasteiger charge is 2.37. The minimum Gasteiger partial charge on any atom is -0.385 e. The van der Waals surface area contributed by atoms with Gasteiger partial charge in [-0.2, -0.15) is 0 Å². The van der Waals surface area contributed by atoms with Crippen LogP contribution in [0.25, 0.3) is 0 Å². The van der Waals surface area contributed by atoms with Gasteiger partial charge < -0.3 is 20.3 Å². The molecule has 0 saturated carbocycles. The van der Waals surface area contributed by atoms with Crippen molar-refractivity contribution in [1.29, 1.82) is 0 Å². The summed E-state index contributed by atoms with van der Waals surface area (Å²) in [5.74, 6) is -1.92. The maximum atomic E-state index is 14.2. The number of ether oxygens (including phenoxy) is 1. The fraction of sp³-hybridized carbons (Fsp3) is 0.458. The molecule has 1 fully saturated rings. The van der Waals surface area contributed by atoms with Crippen molar-refractivity contribution in [2.45, 2.75) is 38.5 Å². The Labute approximate surface area is 196 Å². The molecule has 3 amide bonds. The molecule has 2 aliphatic rings. The number of fused-ring (bicyclic) bond motifs is 1. The van der Waals surface area contributed by atoms with E-state index in [0.29, 0.717) is 30.1 Å². The normalized spacial score (nSPS) is 17.7. The maximum absolute atomic E-state index is 14.2. The smallest absolute Gasteiger partial charge is 0.254 e. The molecule has 1 aliphatic carbocycles. The van der Waals surface area contributed by atoms with E-state index in [2.05, 4.69) is 10.6 Å². The standard InChI is InChI=1S/C24H28FN3O4S/c1-32-12-6-11-26-23(31)21-16-7-2-5-10-19(16)33-24(21)27-22(30)15-13-20(29)28(14-15)18-9-4-3-8-17(18)25/h3-4,8-9,15H,2,5-7,10-14H2,1H3,(H,26,31)(H,27,30). The third-order valence-corrected chi connectivity index (χ3v) is 7.29. The maximum Gasteiger partial charge on any atom is 0.254 e. The summed E-state index contributed by atoms with van der Waals surface area (Å²) in [5, 5.41) is 6.38. The zero-order chi connectivity index (χ0) is 23.4. The highest BCUT2D eigenvalue weighted by Crippen LogP contribution is 2.39. The van der Waals surface area contributed by atoms with Gasteiger partial charge in [-0.1, -0.05) is 12.1 Å². The lowest BCUT2D eigenvalue weighted by molar-refractivity contribution is -0.122. The molecule has 2 N–H and O–H groups in total. The molecule has 9 heteroatoms. The molecule has 1 unspecified atom stereocenters. The molecule has 1 aromatic carbocycles. The second-order valence-electron chi connectivity index (χ2n) is 8.36. The minimum absolute atomic E-state index is 0.00377. The topological polar surface area (TPSA) is 87.7 Å². The number of anilines is 2. The molecular weight excluding hydrogens is 445 g/mol. The molecule has 1 atom stereocenters. The average molecular weight is 474 g/mol. The average Bonchev–Trinajstić information content (AvgIpc) is 3.37. The van der Waals surface area contributed by atoms with Gasteiger partial charge in [0.2, 0.25) is 11.8 Å². The predicted molar refractivity (Wildman–Crippen MR) is 125 cm³/mol. The molecular formula is C24H28FN3O4S. The summed E-state index contributed by atoms with van der Waals surface area (Å²) >= 11 is 1.45. The summed E-state index contributed by atoms with van der Waals surface area (Å²) in [7, 11) is 1.62. The van der Waals surface area contributed by atoms with E-state index in [-0.39, 0.29) is 36.4 Å². The number of hydrogen-bond donors (Lipinski definition) is 2. The number of thiophene rings is 1. The van der Waals surface area contributed by atoms with Crippen molar-refractivity contribution in [2.75, 3.05) is 37.0 Å². The highest BCUT2D eigenvalue weighted by atomic mass is 32.1. The largest absolute Gasteiger partial charge is 0.385 e. The van der Waals surface area contributed by atoms with Gasteiger partial charge in [0.05, 0.1) is 17.2 Å². The van der Waals surface area contributed by atoms with Gasteiger partial charge >= 0.3 is 0 Å². The molecule has 4 rings (SSSR count). The van der Waals surface area contributed by atoms with E-state index < -0.39 is 11.7 Å². The van der Waals surface area contributed by atoms with Gasteiger partial charge in [-0.3, -0.25) is 14.4 Å². The Morgan fingerprint density at radius 1 is 1.24 bits per heavy atom. The number of halogens is 1. The first-order valence-electron chi connectivity index (χ1n) is 11.3. The van der Waals surface area contributed by atoms with Gasteiger partial charge in [0.1, 0.15) is 10.8 Å². The van der Waals surface area contributed by atoms with Crippen LogP contribution < -0.4 is 15.5 Å². The lowest BCUT2D eigenvalue weighted by Gasteiger charge is -2.17. The Morgan fingerprint density at radius 3 is 2.82 bits per heavy atom. The van der Waals surface area contributed by atoms with Crippen molar-refractivity contribution in [2.24, 2.45) is 5.92 Å². The predicted octanol–water partition coefficient (Wildman–Crippen LogP) is 3.52. The van der Waals surface area contributed by atoms with Crippen molar-refractivity contribution in [3.8, 4) is 0 Å². The van der Waals surface area contributed by atoms with Gasteiger partial charge in [0.15, 0.2) is 0 Å². The summed E-state index contributed by atoms with van der Waals surface area (Å²) in [6.07, 6.45) is 4.48. The van der Waals surface area contributed by atoms with Crippen LogP contribution in [0.2, 0.25) is 0 Å². The van der Waals surface area contributed by atoms with E-state index in [9.17, 15) is 18.8 Å². The van der Waals surface area contributed by atoms with Crippen LogP contribution in [-0.4, -0.2) is 44.5 Å². The second-order valence-corrected chi connectivity index (χ2v) is 9.47. The first kappa shape index (κ1) is 23.4. The molecule has 7 nitrogen and oxygen atoms in total. The summed E-state index contributed by atoms with van der Waals surface area (Å²) in [4.78, 5) is 41.0. The van der Waals surface area contributed by atoms with Gasteiger partial charge in [-0.15, -0.1) is 11.3 Å². The van der Waals surface area contributed by atoms with E-state index >= 15 is 0 Å². The van der Waals surface area contributed by atoms with Gasteiger partial charge in [-0.05, 0) is 49.8 Å². The molecule has 176 valence electrons. The number of methoxy groups -OCH3 is 1. The van der Waals surface area contributed by atoms with Crippen LogP contribution in [-0.2, 0) is 27.2 Å². The van der Waals surface area contributed by atoms with Crippen molar-refractivity contribution in [3.63, 3.8) is 0 Å². The van der Waals surface area contributed by atoms with Crippen LogP contribution in [0.1, 0.15) is 46.5 Å². The molecule has 33 heavy (non-hydrogen) atoms. The third kappa shape index (κ3) is 5.09. The quantitative estimate of drug-likeness (QED) is 0.575. The Morgan fingerprint density at radius 2 is 2.03 bits per heavy atom. The van der Waals surface area contributed by atoms with Gasteiger partial charge in [0, 0.05) is 38.1 Å². The zero-order valence-electron chi connectivity index (χ0n) is 18.6. The number of hydrogen-bond acceptors (Lipinski definition) is 5. The fourth-order valence-electron chi connectivity index (χ4n) is 4.40. The molecule has 2 heterocycles. The van der Waals surface area contributed by atoms with Crippen LogP contribution in [0.4, 0.5) is 15.1 Å². The molecule has 2 aromatic rings. The number of amides is 3. The van der Waals surface area contributed by atoms with Crippen LogP contribution in [0, 0.1) is 11.7 Å². The second kappa shape index (κ2) is 10.4. The van der Waals surface area contributed by atoms with E-state index in [1.807, 2.05) is 0 Å². The molecule has 1 aliphatic heterocycles. The Balaban J connectivity index is 1.50. The summed E-state index contributed by atoms with van der Waals surface area (Å²) in [6, 6.07) is 6.05. The molecule has 1 saturated heterocycles. The summed E-state index contributed by atoms with van der Waals surface area (Å²) in [5.41, 5.74) is 1.73. The van der Waals surface area contributed by atoms with Crippen molar-refractivity contribution in [1.82, 2.24) is 5.32 Å². The number of carbonyl (C=O) groups excluding carboxylic acids is 3. The number of benzene rings is 1. The Kier molecular flexibility index (Phi) is 7.39. The summed E-state index contributed by atoms with van der Waals surface area (Å²) in [6.45, 7) is 1.15. The Bertz CT molecular complexity index is 1050. The van der Waals surface area contributed by atoms with Gasteiger partial charge in [-0.25, -0.2) is 4.39 Å². The van der Waals surface area contributed by atoms with E-state index in [0.717, 1.165) is 36.1 Å². The zero-order valence-corrected chi connectivity index (χ0v) is 19.4. The van der Waals surface area contributed by atoms with E-state index in [1.54, 1.807) is 19.2 Å². The molecule has 0 spiro atoms. The SMILES string of the molecule is COCCCNC(=O)c1c(NC(=O)C2CC(=O)N(c3ccccc3F)C2)sc2c1CCCC2. The van der Waals surface area contributed by atoms with Crippen LogP contribution in [0.5, 0.6) is 0 Å². The highest BCUT2D eigenvalue weighted by molar-refractivity contribution is 7.17. The number of aryl methyl sites for hydroxylation is 1. The molecule has 0 bridgehead atoms. The van der Waals surface area contributed by atoms with Crippen molar-refractivity contribution >= 4 is 39.7 Å². The number of para-hydroxylation sites is 1. The minimum atomic E-state index is -0.617. The number of rotatable bonds is 8. The van der Waals surface area contributed by atoms with E-state index in [1.165, 1.54) is 28.4 Å². The van der Waals surface area contributed by atoms with E-state index in [4.69, 9.17) is 4.74 Å². The summed E-state index contributed by atoms with van der Waals surface area (Å²) < 4.78 is 19.2. The third-order valence-electron chi connectivity index (χ3n) is 6.08. The molecule has 0 radical (unpaired) electrons. The van der Waals surface area contributed by atoms with Gasteiger partial charge in [0.25, 0.3) is 5.91 Å². The lowest BCUT2D eigenvalue weighted by atomic mass is 9.95. The van der Waals surface area contributed by atoms with Crippen LogP contribution in [0.15, 0.2) is 24.3 Å². The molecule has 1 aromatic heterocycles. The van der Waals surface area contributed by atoms with Crippen molar-refractivity contribution < 1.29 is 23.5 Å². The number of nitrogens with one attached hydrogen (secondary N) is 2. The lowest BCUT2D eigenvalue weighted by Crippen LogP contribution is -2.30. The first-order chi connectivity index (χ1) is 16.0. The Hall–Kier alpha value is -2.78. The first-order valence-corrected chi connectivity index (χ1v) is 12.1. The fourth-order valence-corrected chi connectivity index (χ4v) is 5.69. The van der Waals surface area contributed by atoms with Crippen LogP contribution >= 0.6 is 11.3 Å². The number of nitrogens with zero attached hydrogens (tertiary/aromatic N) is 1. The number of carbonyl (C=O) groups is 3. The van der Waals surface area contributed by atoms with Crippen molar-refractivity contribution in [3.05, 3.63) is 46.1 Å². The monoisotopic (exact) mass is 473 g/mol.